The van der Waals surface area contributed by atoms with E-state index in [2.05, 4.69) is 10.2 Å². The first kappa shape index (κ1) is 21.2. The first-order chi connectivity index (χ1) is 14.5. The van der Waals surface area contributed by atoms with Crippen molar-refractivity contribution in [3.8, 4) is 0 Å². The quantitative estimate of drug-likeness (QED) is 0.483. The van der Waals surface area contributed by atoms with E-state index in [9.17, 15) is 9.59 Å². The van der Waals surface area contributed by atoms with E-state index in [4.69, 9.17) is 23.2 Å². The smallest absolute Gasteiger partial charge is 0.261 e. The molecule has 0 saturated carbocycles. The lowest BCUT2D eigenvalue weighted by atomic mass is 10.0. The molecule has 0 spiro atoms. The highest BCUT2D eigenvalue weighted by Crippen LogP contribution is 2.28. The number of nitrogens with one attached hydrogen (secondary N) is 1. The molecule has 0 radical (unpaired) electrons. The van der Waals surface area contributed by atoms with Crippen molar-refractivity contribution in [3.05, 3.63) is 63.6 Å². The number of hydrogen-bond donors (Lipinski definition) is 1. The van der Waals surface area contributed by atoms with Gasteiger partial charge in [0.05, 0.1) is 21.8 Å². The van der Waals surface area contributed by atoms with E-state index < -0.39 is 0 Å². The van der Waals surface area contributed by atoms with Crippen LogP contribution >= 0.6 is 23.2 Å². The number of unbranched alkanes of at least 4 members (excludes halogenated alkanes) is 1. The molecule has 0 aliphatic carbocycles. The summed E-state index contributed by atoms with van der Waals surface area (Å²) >= 11 is 12.3. The second kappa shape index (κ2) is 9.38. The molecule has 2 aliphatic rings. The number of fused-ring (bicyclic) bond motifs is 1. The molecule has 2 aromatic rings. The predicted octanol–water partition coefficient (Wildman–Crippen LogP) is 4.95. The minimum Gasteiger partial charge on any atom is -0.381 e. The van der Waals surface area contributed by atoms with Crippen LogP contribution in [0, 0.1) is 0 Å². The van der Waals surface area contributed by atoms with Crippen molar-refractivity contribution in [1.29, 1.82) is 0 Å². The van der Waals surface area contributed by atoms with Crippen molar-refractivity contribution in [2.24, 2.45) is 0 Å². The van der Waals surface area contributed by atoms with E-state index in [1.165, 1.54) is 4.90 Å². The maximum Gasteiger partial charge on any atom is 0.261 e. The summed E-state index contributed by atoms with van der Waals surface area (Å²) in [4.78, 5) is 28.6. The molecule has 0 aromatic heterocycles. The van der Waals surface area contributed by atoms with E-state index in [0.717, 1.165) is 51.0 Å². The number of halogens is 2. The molecule has 30 heavy (non-hydrogen) atoms. The molecule has 7 heteroatoms. The standard InChI is InChI=1S/C23H25Cl2N3O2/c24-16-7-8-20(25)21(15-16)26-17-9-13-27(14-10-17)11-3-4-12-28-22(29)18-5-1-2-6-19(18)23(28)30/h1-2,5-8,15,17,26H,3-4,9-14H2. The molecule has 2 aliphatic heterocycles. The third kappa shape index (κ3) is 4.64. The first-order valence-electron chi connectivity index (χ1n) is 10.4. The highest BCUT2D eigenvalue weighted by molar-refractivity contribution is 6.35. The SMILES string of the molecule is O=C1c2ccccc2C(=O)N1CCCCN1CCC(Nc2cc(Cl)ccc2Cl)CC1. The average Bonchev–Trinajstić information content (AvgIpc) is 3.00. The molecule has 2 aromatic carbocycles. The minimum absolute atomic E-state index is 0.165. The number of carbonyl (C=O) groups is 2. The fraction of sp³-hybridized carbons (Fsp3) is 0.391. The maximum absolute atomic E-state index is 12.4. The van der Waals surface area contributed by atoms with E-state index in [1.807, 2.05) is 12.1 Å². The number of anilines is 1. The highest BCUT2D eigenvalue weighted by atomic mass is 35.5. The molecule has 0 unspecified atom stereocenters. The van der Waals surface area contributed by atoms with Crippen molar-refractivity contribution in [2.75, 3.05) is 31.5 Å². The van der Waals surface area contributed by atoms with E-state index in [1.54, 1.807) is 30.3 Å². The Morgan fingerprint density at radius 1 is 0.900 bits per heavy atom. The number of imide groups is 1. The van der Waals surface area contributed by atoms with Gasteiger partial charge < -0.3 is 10.2 Å². The lowest BCUT2D eigenvalue weighted by molar-refractivity contribution is 0.0650. The number of amides is 2. The van der Waals surface area contributed by atoms with Gasteiger partial charge in [-0.25, -0.2) is 0 Å². The summed E-state index contributed by atoms with van der Waals surface area (Å²) in [6.45, 7) is 3.50. The van der Waals surface area contributed by atoms with Crippen molar-refractivity contribution in [2.45, 2.75) is 31.7 Å². The van der Waals surface area contributed by atoms with Crippen LogP contribution in [-0.2, 0) is 0 Å². The van der Waals surface area contributed by atoms with Crippen LogP contribution in [0.15, 0.2) is 42.5 Å². The van der Waals surface area contributed by atoms with Crippen molar-refractivity contribution < 1.29 is 9.59 Å². The van der Waals surface area contributed by atoms with Crippen LogP contribution in [0.3, 0.4) is 0 Å². The Hall–Kier alpha value is -2.08. The Labute approximate surface area is 186 Å². The molecular weight excluding hydrogens is 421 g/mol. The minimum atomic E-state index is -0.165. The van der Waals surface area contributed by atoms with Gasteiger partial charge in [-0.3, -0.25) is 14.5 Å². The third-order valence-corrected chi connectivity index (χ3v) is 6.42. The Balaban J connectivity index is 1.18. The number of hydrogen-bond acceptors (Lipinski definition) is 4. The average molecular weight is 446 g/mol. The van der Waals surface area contributed by atoms with Crippen LogP contribution < -0.4 is 5.32 Å². The van der Waals surface area contributed by atoms with Crippen molar-refractivity contribution in [3.63, 3.8) is 0 Å². The van der Waals surface area contributed by atoms with Gasteiger partial charge >= 0.3 is 0 Å². The van der Waals surface area contributed by atoms with Crippen LogP contribution in [0.4, 0.5) is 5.69 Å². The molecule has 4 rings (SSSR count). The van der Waals surface area contributed by atoms with Crippen LogP contribution in [0.1, 0.15) is 46.4 Å². The van der Waals surface area contributed by atoms with Gasteiger partial charge in [-0.05, 0) is 62.6 Å². The van der Waals surface area contributed by atoms with Gasteiger partial charge in [0.25, 0.3) is 11.8 Å². The molecule has 5 nitrogen and oxygen atoms in total. The van der Waals surface area contributed by atoms with E-state index in [0.29, 0.717) is 33.8 Å². The number of carbonyl (C=O) groups excluding carboxylic acids is 2. The molecule has 1 fully saturated rings. The van der Waals surface area contributed by atoms with Gasteiger partial charge in [-0.2, -0.15) is 0 Å². The largest absolute Gasteiger partial charge is 0.381 e. The van der Waals surface area contributed by atoms with Gasteiger partial charge in [0, 0.05) is 30.7 Å². The van der Waals surface area contributed by atoms with Crippen molar-refractivity contribution >= 4 is 40.7 Å². The van der Waals surface area contributed by atoms with Crippen LogP contribution in [0.2, 0.25) is 10.0 Å². The van der Waals surface area contributed by atoms with E-state index in [-0.39, 0.29) is 11.8 Å². The topological polar surface area (TPSA) is 52.7 Å². The lowest BCUT2D eigenvalue weighted by Gasteiger charge is -2.33. The molecule has 2 heterocycles. The number of benzene rings is 2. The van der Waals surface area contributed by atoms with Crippen LogP contribution in [0.5, 0.6) is 0 Å². The third-order valence-electron chi connectivity index (χ3n) is 5.86. The monoisotopic (exact) mass is 445 g/mol. The Bertz CT molecular complexity index is 907. The summed E-state index contributed by atoms with van der Waals surface area (Å²) in [5.41, 5.74) is 1.94. The zero-order chi connectivity index (χ0) is 21.1. The zero-order valence-corrected chi connectivity index (χ0v) is 18.3. The summed E-state index contributed by atoms with van der Waals surface area (Å²) in [6, 6.07) is 12.9. The predicted molar refractivity (Wildman–Crippen MR) is 121 cm³/mol. The van der Waals surface area contributed by atoms with Crippen LogP contribution in [-0.4, -0.2) is 53.8 Å². The second-order valence-corrected chi connectivity index (χ2v) is 8.74. The zero-order valence-electron chi connectivity index (χ0n) is 16.7. The number of piperidine rings is 1. The summed E-state index contributed by atoms with van der Waals surface area (Å²) in [5, 5.41) is 4.88. The molecule has 1 saturated heterocycles. The van der Waals surface area contributed by atoms with Crippen LogP contribution in [0.25, 0.3) is 0 Å². The first-order valence-corrected chi connectivity index (χ1v) is 11.2. The normalized spacial score (nSPS) is 17.5. The van der Waals surface area contributed by atoms with Gasteiger partial charge in [-0.15, -0.1) is 0 Å². The molecule has 1 N–H and O–H groups in total. The van der Waals surface area contributed by atoms with Gasteiger partial charge in [0.2, 0.25) is 0 Å². The number of likely N-dealkylation sites (tertiary alicyclic amines) is 1. The summed E-state index contributed by atoms with van der Waals surface area (Å²) in [5.74, 6) is -0.329. The molecule has 0 bridgehead atoms. The molecular formula is C23H25Cl2N3O2. The summed E-state index contributed by atoms with van der Waals surface area (Å²) in [7, 11) is 0. The highest BCUT2D eigenvalue weighted by Gasteiger charge is 2.34. The van der Waals surface area contributed by atoms with Crippen molar-refractivity contribution in [1.82, 2.24) is 9.80 Å². The fourth-order valence-corrected chi connectivity index (χ4v) is 4.52. The Morgan fingerprint density at radius 3 is 2.20 bits per heavy atom. The second-order valence-electron chi connectivity index (χ2n) is 7.90. The van der Waals surface area contributed by atoms with Gasteiger partial charge in [0.15, 0.2) is 0 Å². The molecule has 2 amide bonds. The summed E-state index contributed by atoms with van der Waals surface area (Å²) < 4.78 is 0. The maximum atomic E-state index is 12.4. The fourth-order valence-electron chi connectivity index (χ4n) is 4.18. The molecule has 158 valence electrons. The lowest BCUT2D eigenvalue weighted by Crippen LogP contribution is -2.39. The van der Waals surface area contributed by atoms with E-state index >= 15 is 0 Å². The van der Waals surface area contributed by atoms with Gasteiger partial charge in [0.1, 0.15) is 0 Å². The number of rotatable bonds is 7. The molecule has 0 atom stereocenters. The Morgan fingerprint density at radius 2 is 1.53 bits per heavy atom. The van der Waals surface area contributed by atoms with Gasteiger partial charge in [-0.1, -0.05) is 35.3 Å². The summed E-state index contributed by atoms with van der Waals surface area (Å²) in [6.07, 6.45) is 3.87. The Kier molecular flexibility index (Phi) is 6.61. The number of nitrogens with zero attached hydrogens (tertiary/aromatic N) is 2.